The molecular formula is C5H9O4P. The summed E-state index contributed by atoms with van der Waals surface area (Å²) in [4.78, 5) is 16.4. The quantitative estimate of drug-likeness (QED) is 0.373. The third-order valence-corrected chi connectivity index (χ3v) is 1.06. The fraction of sp³-hybridized carbons (Fsp3) is 0.200. The Morgan fingerprint density at radius 3 is 2.50 bits per heavy atom. The number of hydrogen-bond acceptors (Lipinski definition) is 2. The first-order valence-corrected chi connectivity index (χ1v) is 4.05. The number of phosphoric acid groups is 1. The lowest BCUT2D eigenvalue weighted by molar-refractivity contribution is 0.248. The largest absolute Gasteiger partial charge is 0.524 e. The van der Waals surface area contributed by atoms with Crippen LogP contribution in [0, 0.1) is 0 Å². The van der Waals surface area contributed by atoms with Crippen LogP contribution in [0.4, 0.5) is 0 Å². The minimum absolute atomic E-state index is 0.0455. The van der Waals surface area contributed by atoms with Crippen LogP contribution in [0.2, 0.25) is 0 Å². The molecule has 10 heavy (non-hydrogen) atoms. The highest BCUT2D eigenvalue weighted by atomic mass is 31.2. The molecule has 0 spiro atoms. The highest BCUT2D eigenvalue weighted by molar-refractivity contribution is 7.46. The Labute approximate surface area is 59.1 Å². The molecule has 0 bridgehead atoms. The van der Waals surface area contributed by atoms with Crippen LogP contribution in [0.5, 0.6) is 0 Å². The van der Waals surface area contributed by atoms with Gasteiger partial charge in [-0.3, -0.25) is 9.79 Å². The second kappa shape index (κ2) is 3.56. The summed E-state index contributed by atoms with van der Waals surface area (Å²) in [6.07, 6.45) is 2.93. The smallest absolute Gasteiger partial charge is 0.405 e. The van der Waals surface area contributed by atoms with E-state index >= 15 is 0 Å². The lowest BCUT2D eigenvalue weighted by atomic mass is 10.5. The molecule has 2 N–H and O–H groups in total. The molecule has 0 atom stereocenters. The van der Waals surface area contributed by atoms with Crippen molar-refractivity contribution >= 4 is 7.82 Å². The number of phosphoric ester groups is 1. The predicted molar refractivity (Wildman–Crippen MR) is 37.1 cm³/mol. The van der Waals surface area contributed by atoms with Crippen molar-refractivity contribution in [3.63, 3.8) is 0 Å². The molecule has 0 rings (SSSR count). The van der Waals surface area contributed by atoms with Gasteiger partial charge in [0.05, 0.1) is 0 Å². The van der Waals surface area contributed by atoms with E-state index < -0.39 is 7.82 Å². The fourth-order valence-electron chi connectivity index (χ4n) is 0.369. The van der Waals surface area contributed by atoms with Crippen LogP contribution in [0.3, 0.4) is 0 Å². The second-order valence-corrected chi connectivity index (χ2v) is 2.71. The molecule has 4 nitrogen and oxygen atoms in total. The third-order valence-electron chi connectivity index (χ3n) is 0.589. The van der Waals surface area contributed by atoms with E-state index in [1.54, 1.807) is 13.0 Å². The summed E-state index contributed by atoms with van der Waals surface area (Å²) in [5.74, 6) is -0.0455. The topological polar surface area (TPSA) is 66.8 Å². The van der Waals surface area contributed by atoms with Crippen molar-refractivity contribution in [3.05, 3.63) is 24.5 Å². The van der Waals surface area contributed by atoms with Crippen molar-refractivity contribution in [2.75, 3.05) is 0 Å². The first-order chi connectivity index (χ1) is 4.45. The minimum Gasteiger partial charge on any atom is -0.405 e. The lowest BCUT2D eigenvalue weighted by Gasteiger charge is -2.04. The number of rotatable bonds is 3. The molecule has 0 aromatic heterocycles. The summed E-state index contributed by atoms with van der Waals surface area (Å²) in [6.45, 7) is 4.92. The van der Waals surface area contributed by atoms with E-state index in [4.69, 9.17) is 9.79 Å². The summed E-state index contributed by atoms with van der Waals surface area (Å²) in [5, 5.41) is 0. The van der Waals surface area contributed by atoms with Gasteiger partial charge in [-0.05, 0) is 13.0 Å². The Kier molecular flexibility index (Phi) is 3.36. The van der Waals surface area contributed by atoms with E-state index in [-0.39, 0.29) is 5.76 Å². The van der Waals surface area contributed by atoms with E-state index in [2.05, 4.69) is 11.1 Å². The molecule has 0 aromatic carbocycles. The molecule has 0 aliphatic rings. The molecule has 5 heteroatoms. The second-order valence-electron chi connectivity index (χ2n) is 1.55. The van der Waals surface area contributed by atoms with Crippen LogP contribution < -0.4 is 0 Å². The zero-order chi connectivity index (χ0) is 8.20. The molecule has 0 radical (unpaired) electrons. The van der Waals surface area contributed by atoms with Crippen LogP contribution >= 0.6 is 7.82 Å². The van der Waals surface area contributed by atoms with E-state index in [0.717, 1.165) is 0 Å². The summed E-state index contributed by atoms with van der Waals surface area (Å²) >= 11 is 0. The van der Waals surface area contributed by atoms with Crippen molar-refractivity contribution in [1.82, 2.24) is 0 Å². The van der Waals surface area contributed by atoms with Gasteiger partial charge in [-0.1, -0.05) is 12.7 Å². The maximum atomic E-state index is 10.1. The van der Waals surface area contributed by atoms with Gasteiger partial charge in [0.25, 0.3) is 0 Å². The standard InChI is InChI=1S/C5H9O4P/c1-3-4-5(2)9-10(6,7)8/h3-4H,2H2,1H3,(H2,6,7,8). The Morgan fingerprint density at radius 1 is 1.70 bits per heavy atom. The maximum absolute atomic E-state index is 10.1. The van der Waals surface area contributed by atoms with Gasteiger partial charge in [0.2, 0.25) is 0 Å². The van der Waals surface area contributed by atoms with Crippen molar-refractivity contribution in [2.24, 2.45) is 0 Å². The summed E-state index contributed by atoms with van der Waals surface area (Å²) in [7, 11) is -4.40. The molecule has 0 aromatic rings. The van der Waals surface area contributed by atoms with Gasteiger partial charge in [-0.25, -0.2) is 4.57 Å². The molecule has 0 heterocycles. The molecule has 0 aliphatic carbocycles. The first-order valence-electron chi connectivity index (χ1n) is 2.52. The third kappa shape index (κ3) is 5.56. The molecule has 0 saturated heterocycles. The van der Waals surface area contributed by atoms with Crippen molar-refractivity contribution in [2.45, 2.75) is 6.92 Å². The monoisotopic (exact) mass is 164 g/mol. The van der Waals surface area contributed by atoms with Gasteiger partial charge in [-0.2, -0.15) is 0 Å². The number of allylic oxidation sites excluding steroid dienone is 2. The van der Waals surface area contributed by atoms with Crippen LogP contribution in [-0.4, -0.2) is 9.79 Å². The summed E-state index contributed by atoms with van der Waals surface area (Å²) in [6, 6.07) is 0. The van der Waals surface area contributed by atoms with Crippen molar-refractivity contribution in [1.29, 1.82) is 0 Å². The van der Waals surface area contributed by atoms with E-state index in [0.29, 0.717) is 0 Å². The molecular weight excluding hydrogens is 155 g/mol. The van der Waals surface area contributed by atoms with E-state index in [1.165, 1.54) is 6.08 Å². The Hall–Kier alpha value is -0.570. The van der Waals surface area contributed by atoms with E-state index in [9.17, 15) is 4.57 Å². The predicted octanol–water partition coefficient (Wildman–Crippen LogP) is 1.19. The molecule has 58 valence electrons. The van der Waals surface area contributed by atoms with Crippen molar-refractivity contribution < 1.29 is 18.9 Å². The van der Waals surface area contributed by atoms with Gasteiger partial charge in [0, 0.05) is 0 Å². The average Bonchev–Trinajstić information content (AvgIpc) is 1.59. The Morgan fingerprint density at radius 2 is 2.20 bits per heavy atom. The molecule has 0 amide bonds. The Balaban J connectivity index is 3.93. The van der Waals surface area contributed by atoms with Gasteiger partial charge in [-0.15, -0.1) is 0 Å². The van der Waals surface area contributed by atoms with Gasteiger partial charge >= 0.3 is 7.82 Å². The van der Waals surface area contributed by atoms with Crippen LogP contribution in [0.15, 0.2) is 24.5 Å². The fourth-order valence-corrected chi connectivity index (χ4v) is 0.735. The maximum Gasteiger partial charge on any atom is 0.524 e. The summed E-state index contributed by atoms with van der Waals surface area (Å²) in [5.41, 5.74) is 0. The molecule has 0 saturated carbocycles. The summed E-state index contributed by atoms with van der Waals surface area (Å²) < 4.78 is 14.2. The van der Waals surface area contributed by atoms with E-state index in [1.807, 2.05) is 0 Å². The normalized spacial score (nSPS) is 11.9. The average molecular weight is 164 g/mol. The minimum atomic E-state index is -4.40. The zero-order valence-corrected chi connectivity index (χ0v) is 6.41. The SMILES string of the molecule is C=C(C=CC)OP(=O)(O)O. The van der Waals surface area contributed by atoms with Gasteiger partial charge < -0.3 is 4.52 Å². The first kappa shape index (κ1) is 9.43. The van der Waals surface area contributed by atoms with Crippen molar-refractivity contribution in [3.8, 4) is 0 Å². The lowest BCUT2D eigenvalue weighted by Crippen LogP contribution is -1.84. The molecule has 0 unspecified atom stereocenters. The zero-order valence-electron chi connectivity index (χ0n) is 5.52. The van der Waals surface area contributed by atoms with Gasteiger partial charge in [0.1, 0.15) is 5.76 Å². The highest BCUT2D eigenvalue weighted by Crippen LogP contribution is 2.38. The highest BCUT2D eigenvalue weighted by Gasteiger charge is 2.14. The van der Waals surface area contributed by atoms with Crippen LogP contribution in [-0.2, 0) is 9.09 Å². The Bertz CT molecular complexity index is 190. The van der Waals surface area contributed by atoms with Gasteiger partial charge in [0.15, 0.2) is 0 Å². The molecule has 0 aliphatic heterocycles. The molecule has 0 fully saturated rings. The van der Waals surface area contributed by atoms with Crippen LogP contribution in [0.25, 0.3) is 0 Å². The van der Waals surface area contributed by atoms with Crippen LogP contribution in [0.1, 0.15) is 6.92 Å². The number of hydrogen-bond donors (Lipinski definition) is 2.